The molecule has 0 atom stereocenters. The molecule has 0 saturated heterocycles. The number of H-pyrrole nitrogens is 1. The van der Waals surface area contributed by atoms with Gasteiger partial charge in [0.25, 0.3) is 0 Å². The summed E-state index contributed by atoms with van der Waals surface area (Å²) in [5.74, 6) is -0.593. The fourth-order valence-electron chi connectivity index (χ4n) is 2.01. The lowest BCUT2D eigenvalue weighted by Crippen LogP contribution is -2.24. The van der Waals surface area contributed by atoms with Crippen LogP contribution in [0.1, 0.15) is 15.6 Å². The fraction of sp³-hybridized carbons (Fsp3) is 0.143. The van der Waals surface area contributed by atoms with Gasteiger partial charge in [0, 0.05) is 17.8 Å². The van der Waals surface area contributed by atoms with Crippen molar-refractivity contribution >= 4 is 27.3 Å². The number of esters is 1. The first-order chi connectivity index (χ1) is 12.4. The lowest BCUT2D eigenvalue weighted by molar-refractivity contribution is 0.0602. The van der Waals surface area contributed by atoms with Crippen molar-refractivity contribution in [3.05, 3.63) is 50.9 Å². The standard InChI is InChI=1S/C14H12N4O6S2/c1-23-14(20)12-9(3-5-25-12)26(21,22)16-7-11-17-13(18-24-11)8-2-4-15-10(19)6-8/h2-6,16H,7H2,1H3,(H,15,19). The molecule has 0 fully saturated rings. The molecule has 0 radical (unpaired) electrons. The van der Waals surface area contributed by atoms with Crippen LogP contribution < -0.4 is 10.3 Å². The highest BCUT2D eigenvalue weighted by Crippen LogP contribution is 2.23. The van der Waals surface area contributed by atoms with Gasteiger partial charge in [0.1, 0.15) is 9.77 Å². The highest BCUT2D eigenvalue weighted by atomic mass is 32.2. The Bertz CT molecular complexity index is 1100. The van der Waals surface area contributed by atoms with Gasteiger partial charge in [0.2, 0.25) is 27.3 Å². The van der Waals surface area contributed by atoms with Crippen molar-refractivity contribution in [2.24, 2.45) is 0 Å². The van der Waals surface area contributed by atoms with Crippen molar-refractivity contribution in [1.29, 1.82) is 0 Å². The molecule has 12 heteroatoms. The molecule has 0 saturated carbocycles. The first kappa shape index (κ1) is 18.0. The number of methoxy groups -OCH3 is 1. The van der Waals surface area contributed by atoms with Crippen molar-refractivity contribution < 1.29 is 22.5 Å². The summed E-state index contributed by atoms with van der Waals surface area (Å²) in [7, 11) is -2.82. The Balaban J connectivity index is 1.76. The molecular weight excluding hydrogens is 384 g/mol. The highest BCUT2D eigenvalue weighted by Gasteiger charge is 2.25. The minimum absolute atomic E-state index is 0.00120. The molecule has 0 spiro atoms. The molecule has 3 aromatic heterocycles. The summed E-state index contributed by atoms with van der Waals surface area (Å²) >= 11 is 0.956. The van der Waals surface area contributed by atoms with E-state index < -0.39 is 16.0 Å². The molecule has 3 aromatic rings. The first-order valence-corrected chi connectivity index (χ1v) is 9.44. The molecule has 0 aliphatic heterocycles. The Morgan fingerprint density at radius 3 is 2.96 bits per heavy atom. The summed E-state index contributed by atoms with van der Waals surface area (Å²) in [6.07, 6.45) is 1.43. The van der Waals surface area contributed by atoms with Gasteiger partial charge in [0.15, 0.2) is 0 Å². The topological polar surface area (TPSA) is 144 Å². The second-order valence-corrected chi connectivity index (χ2v) is 7.53. The van der Waals surface area contributed by atoms with Crippen molar-refractivity contribution in [1.82, 2.24) is 19.8 Å². The number of carbonyl (C=O) groups is 1. The van der Waals surface area contributed by atoms with Gasteiger partial charge in [-0.3, -0.25) is 4.79 Å². The molecule has 0 bridgehead atoms. The molecular formula is C14H12N4O6S2. The number of aromatic nitrogens is 3. The number of nitrogens with zero attached hydrogens (tertiary/aromatic N) is 2. The molecule has 3 heterocycles. The predicted octanol–water partition coefficient (Wildman–Crippen LogP) is 0.751. The number of pyridine rings is 1. The number of ether oxygens (including phenoxy) is 1. The van der Waals surface area contributed by atoms with Gasteiger partial charge in [-0.05, 0) is 17.5 Å². The van der Waals surface area contributed by atoms with Gasteiger partial charge in [-0.25, -0.2) is 17.9 Å². The maximum absolute atomic E-state index is 12.4. The Hall–Kier alpha value is -2.83. The SMILES string of the molecule is COC(=O)c1sccc1S(=O)(=O)NCc1nc(-c2cc[nH]c(=O)c2)no1. The minimum Gasteiger partial charge on any atom is -0.465 e. The van der Waals surface area contributed by atoms with Crippen molar-refractivity contribution in [2.45, 2.75) is 11.4 Å². The zero-order valence-corrected chi connectivity index (χ0v) is 14.9. The third-order valence-corrected chi connectivity index (χ3v) is 5.67. The third kappa shape index (κ3) is 3.71. The maximum Gasteiger partial charge on any atom is 0.349 e. The molecule has 0 aromatic carbocycles. The number of rotatable bonds is 6. The monoisotopic (exact) mass is 396 g/mol. The highest BCUT2D eigenvalue weighted by molar-refractivity contribution is 7.89. The van der Waals surface area contributed by atoms with E-state index in [1.54, 1.807) is 6.07 Å². The van der Waals surface area contributed by atoms with E-state index in [2.05, 4.69) is 24.6 Å². The van der Waals surface area contributed by atoms with Gasteiger partial charge < -0.3 is 14.2 Å². The minimum atomic E-state index is -3.99. The summed E-state index contributed by atoms with van der Waals surface area (Å²) in [6.45, 7) is -0.283. The Labute approximate surface area is 150 Å². The van der Waals surface area contributed by atoms with Gasteiger partial charge in [-0.15, -0.1) is 11.3 Å². The number of aromatic amines is 1. The molecule has 136 valence electrons. The Kier molecular flexibility index (Phi) is 4.97. The van der Waals surface area contributed by atoms with E-state index in [0.717, 1.165) is 11.3 Å². The largest absolute Gasteiger partial charge is 0.465 e. The third-order valence-electron chi connectivity index (χ3n) is 3.20. The lowest BCUT2D eigenvalue weighted by Gasteiger charge is -2.04. The number of sulfonamides is 1. The van der Waals surface area contributed by atoms with Gasteiger partial charge in [-0.2, -0.15) is 4.98 Å². The molecule has 0 aliphatic carbocycles. The fourth-order valence-corrected chi connectivity index (χ4v) is 4.32. The number of hydrogen-bond donors (Lipinski definition) is 2. The van der Waals surface area contributed by atoms with Gasteiger partial charge >= 0.3 is 5.97 Å². The zero-order chi connectivity index (χ0) is 18.7. The summed E-state index contributed by atoms with van der Waals surface area (Å²) in [5, 5.41) is 5.18. The lowest BCUT2D eigenvalue weighted by atomic mass is 10.2. The van der Waals surface area contributed by atoms with Crippen LogP contribution in [-0.2, 0) is 21.3 Å². The molecule has 0 aliphatic rings. The number of carbonyl (C=O) groups excluding carboxylic acids is 1. The zero-order valence-electron chi connectivity index (χ0n) is 13.3. The number of thiophene rings is 1. The second kappa shape index (κ2) is 7.19. The van der Waals surface area contributed by atoms with Crippen molar-refractivity contribution in [3.8, 4) is 11.4 Å². The van der Waals surface area contributed by atoms with Crippen LogP contribution in [0, 0.1) is 0 Å². The maximum atomic E-state index is 12.4. The predicted molar refractivity (Wildman–Crippen MR) is 90.0 cm³/mol. The van der Waals surface area contributed by atoms with Crippen LogP contribution in [0.5, 0.6) is 0 Å². The van der Waals surface area contributed by atoms with Crippen LogP contribution in [0.3, 0.4) is 0 Å². The van der Waals surface area contributed by atoms with E-state index in [0.29, 0.717) is 5.56 Å². The molecule has 2 N–H and O–H groups in total. The van der Waals surface area contributed by atoms with Crippen LogP contribution in [0.25, 0.3) is 11.4 Å². The van der Waals surface area contributed by atoms with Gasteiger partial charge in [0.05, 0.1) is 13.7 Å². The first-order valence-electron chi connectivity index (χ1n) is 7.08. The smallest absolute Gasteiger partial charge is 0.349 e. The van der Waals surface area contributed by atoms with Crippen LogP contribution >= 0.6 is 11.3 Å². The molecule has 10 nitrogen and oxygen atoms in total. The van der Waals surface area contributed by atoms with Crippen molar-refractivity contribution in [2.75, 3.05) is 7.11 Å². The molecule has 3 rings (SSSR count). The van der Waals surface area contributed by atoms with E-state index >= 15 is 0 Å². The summed E-state index contributed by atoms with van der Waals surface area (Å²) in [5.41, 5.74) is 0.0970. The molecule has 26 heavy (non-hydrogen) atoms. The summed E-state index contributed by atoms with van der Waals surface area (Å²) < 4.78 is 36.6. The van der Waals surface area contributed by atoms with Crippen LogP contribution in [0.2, 0.25) is 0 Å². The summed E-state index contributed by atoms with van der Waals surface area (Å²) in [6, 6.07) is 4.16. The van der Waals surface area contributed by atoms with E-state index in [9.17, 15) is 18.0 Å². The number of hydrogen-bond acceptors (Lipinski definition) is 9. The van der Waals surface area contributed by atoms with E-state index in [1.807, 2.05) is 0 Å². The second-order valence-electron chi connectivity index (χ2n) is 4.88. The summed E-state index contributed by atoms with van der Waals surface area (Å²) in [4.78, 5) is 29.2. The molecule has 0 amide bonds. The molecule has 0 unspecified atom stereocenters. The van der Waals surface area contributed by atoms with E-state index in [-0.39, 0.29) is 33.6 Å². The normalized spacial score (nSPS) is 11.4. The van der Waals surface area contributed by atoms with E-state index in [1.165, 1.54) is 30.8 Å². The Morgan fingerprint density at radius 1 is 1.42 bits per heavy atom. The van der Waals surface area contributed by atoms with Crippen LogP contribution in [0.15, 0.2) is 44.0 Å². The van der Waals surface area contributed by atoms with Crippen molar-refractivity contribution in [3.63, 3.8) is 0 Å². The quantitative estimate of drug-likeness (QED) is 0.581. The van der Waals surface area contributed by atoms with Crippen LogP contribution in [0.4, 0.5) is 0 Å². The number of nitrogens with one attached hydrogen (secondary N) is 2. The van der Waals surface area contributed by atoms with E-state index in [4.69, 9.17) is 4.52 Å². The van der Waals surface area contributed by atoms with Crippen LogP contribution in [-0.4, -0.2) is 36.6 Å². The van der Waals surface area contributed by atoms with Gasteiger partial charge in [-0.1, -0.05) is 5.16 Å². The average molecular weight is 396 g/mol. The average Bonchev–Trinajstić information content (AvgIpc) is 3.29. The Morgan fingerprint density at radius 2 is 2.23 bits per heavy atom.